The van der Waals surface area contributed by atoms with Gasteiger partial charge in [0.25, 0.3) is 5.56 Å². The van der Waals surface area contributed by atoms with Crippen LogP contribution in [-0.2, 0) is 13.2 Å². The van der Waals surface area contributed by atoms with Gasteiger partial charge in [-0.15, -0.1) is 0 Å². The Morgan fingerprint density at radius 1 is 1.11 bits per heavy atom. The van der Waals surface area contributed by atoms with Gasteiger partial charge in [0, 0.05) is 11.6 Å². The largest absolute Gasteiger partial charge is 0.471 e. The second kappa shape index (κ2) is 10.3. The number of amides is 1. The van der Waals surface area contributed by atoms with Gasteiger partial charge in [0.15, 0.2) is 5.02 Å². The molecular formula is C23H19ClF2N6O5. The summed E-state index contributed by atoms with van der Waals surface area (Å²) in [6.07, 6.45) is 1.15. The number of carbonyl (C=O) groups is 2. The molecule has 192 valence electrons. The van der Waals surface area contributed by atoms with Crippen LogP contribution in [0.15, 0.2) is 52.3 Å². The number of imidazole rings is 1. The molecule has 0 saturated carbocycles. The number of nitrogens with one attached hydrogen (secondary N) is 1. The average molecular weight is 533 g/mol. The monoisotopic (exact) mass is 532 g/mol. The highest BCUT2D eigenvalue weighted by Gasteiger charge is 2.21. The number of hydrogen-bond acceptors (Lipinski definition) is 7. The van der Waals surface area contributed by atoms with Crippen LogP contribution < -0.4 is 27.0 Å². The summed E-state index contributed by atoms with van der Waals surface area (Å²) in [5.74, 6) is -2.40. The molecule has 3 N–H and O–H groups in total. The zero-order valence-electron chi connectivity index (χ0n) is 19.2. The van der Waals surface area contributed by atoms with Crippen molar-refractivity contribution in [3.63, 3.8) is 0 Å². The average Bonchev–Trinajstić information content (AvgIpc) is 3.14. The Morgan fingerprint density at radius 2 is 1.86 bits per heavy atom. The summed E-state index contributed by atoms with van der Waals surface area (Å²) in [6.45, 7) is -0.564. The molecule has 0 unspecified atom stereocenters. The number of aromatic nitrogens is 4. The fourth-order valence-corrected chi connectivity index (χ4v) is 3.88. The SMILES string of the molecule is CNCC(=O)n1c(=O)n(C(N)=O)c2cc(Cn3cnc(OCc4ccc(F)cc4F)c(Cl)c3=O)ccc21. The van der Waals surface area contributed by atoms with Gasteiger partial charge < -0.3 is 15.8 Å². The van der Waals surface area contributed by atoms with Crippen molar-refractivity contribution in [3.05, 3.63) is 91.3 Å². The zero-order valence-corrected chi connectivity index (χ0v) is 20.0. The molecule has 0 aliphatic heterocycles. The van der Waals surface area contributed by atoms with Crippen LogP contribution >= 0.6 is 11.6 Å². The van der Waals surface area contributed by atoms with E-state index in [1.165, 1.54) is 25.2 Å². The summed E-state index contributed by atoms with van der Waals surface area (Å²) in [5.41, 5.74) is 4.50. The summed E-state index contributed by atoms with van der Waals surface area (Å²) in [5, 5.41) is 2.27. The third-order valence-electron chi connectivity index (χ3n) is 5.39. The first kappa shape index (κ1) is 25.7. The molecule has 0 atom stereocenters. The van der Waals surface area contributed by atoms with Gasteiger partial charge in [-0.2, -0.15) is 0 Å². The maximum atomic E-state index is 13.8. The van der Waals surface area contributed by atoms with Crippen molar-refractivity contribution in [2.75, 3.05) is 13.6 Å². The normalized spacial score (nSPS) is 11.1. The van der Waals surface area contributed by atoms with Crippen molar-refractivity contribution in [1.82, 2.24) is 24.0 Å². The first-order valence-electron chi connectivity index (χ1n) is 10.7. The van der Waals surface area contributed by atoms with Crippen LogP contribution in [0.3, 0.4) is 0 Å². The van der Waals surface area contributed by atoms with Crippen molar-refractivity contribution >= 4 is 34.6 Å². The van der Waals surface area contributed by atoms with Crippen LogP contribution in [0.1, 0.15) is 15.9 Å². The number of halogens is 3. The van der Waals surface area contributed by atoms with Crippen LogP contribution in [0.5, 0.6) is 5.88 Å². The van der Waals surface area contributed by atoms with Crippen molar-refractivity contribution in [2.45, 2.75) is 13.2 Å². The van der Waals surface area contributed by atoms with Crippen molar-refractivity contribution < 1.29 is 23.1 Å². The molecule has 0 saturated heterocycles. The summed E-state index contributed by atoms with van der Waals surface area (Å²) < 4.78 is 34.9. The first-order valence-corrected chi connectivity index (χ1v) is 11.1. The quantitative estimate of drug-likeness (QED) is 0.369. The number of carbonyl (C=O) groups excluding carboxylic acids is 2. The number of ether oxygens (including phenoxy) is 1. The highest BCUT2D eigenvalue weighted by atomic mass is 35.5. The van der Waals surface area contributed by atoms with Gasteiger partial charge in [0.2, 0.25) is 11.8 Å². The van der Waals surface area contributed by atoms with Gasteiger partial charge >= 0.3 is 11.7 Å². The molecule has 0 bridgehead atoms. The standard InChI is InChI=1S/C23H19ClF2N6O5/c1-28-8-18(33)31-16-5-2-12(6-17(16)32(22(27)35)23(31)36)9-30-11-29-20(19(24)21(30)34)37-10-13-3-4-14(25)7-15(13)26/h2-7,11,28H,8-10H2,1H3,(H2,27,35). The third kappa shape index (κ3) is 4.99. The molecule has 37 heavy (non-hydrogen) atoms. The molecule has 1 amide bonds. The highest BCUT2D eigenvalue weighted by Crippen LogP contribution is 2.20. The molecule has 0 aliphatic rings. The number of benzene rings is 2. The topological polar surface area (TPSA) is 143 Å². The van der Waals surface area contributed by atoms with Crippen LogP contribution in [0.2, 0.25) is 5.02 Å². The summed E-state index contributed by atoms with van der Waals surface area (Å²) in [6, 6.07) is 6.32. The van der Waals surface area contributed by atoms with E-state index in [1.54, 1.807) is 6.07 Å². The van der Waals surface area contributed by atoms with Crippen LogP contribution in [0, 0.1) is 11.6 Å². The smallest absolute Gasteiger partial charge is 0.344 e. The second-order valence-corrected chi connectivity index (χ2v) is 8.24. The van der Waals surface area contributed by atoms with Crippen molar-refractivity contribution in [3.8, 4) is 5.88 Å². The van der Waals surface area contributed by atoms with Crippen LogP contribution in [0.4, 0.5) is 13.6 Å². The van der Waals surface area contributed by atoms with E-state index in [1.807, 2.05) is 0 Å². The van der Waals surface area contributed by atoms with E-state index in [0.29, 0.717) is 16.2 Å². The first-order chi connectivity index (χ1) is 17.6. The number of fused-ring (bicyclic) bond motifs is 1. The fraction of sp³-hybridized carbons (Fsp3) is 0.174. The molecule has 0 fully saturated rings. The lowest BCUT2D eigenvalue weighted by atomic mass is 10.2. The van der Waals surface area contributed by atoms with Gasteiger partial charge in [0.05, 0.1) is 24.1 Å². The number of likely N-dealkylation sites (N-methyl/N-ethyl adjacent to an activating group) is 1. The Balaban J connectivity index is 1.63. The Labute approximate surface area is 211 Å². The van der Waals surface area contributed by atoms with E-state index in [2.05, 4.69) is 10.3 Å². The Bertz CT molecular complexity index is 1660. The predicted octanol–water partition coefficient (Wildman–Crippen LogP) is 1.71. The van der Waals surface area contributed by atoms with E-state index in [0.717, 1.165) is 21.5 Å². The number of rotatable bonds is 7. The Kier molecular flexibility index (Phi) is 7.18. The van der Waals surface area contributed by atoms with E-state index >= 15 is 0 Å². The predicted molar refractivity (Wildman–Crippen MR) is 129 cm³/mol. The Morgan fingerprint density at radius 3 is 2.54 bits per heavy atom. The van der Waals surface area contributed by atoms with Gasteiger partial charge in [-0.3, -0.25) is 14.2 Å². The lowest BCUT2D eigenvalue weighted by Gasteiger charge is -2.11. The molecule has 11 nitrogen and oxygen atoms in total. The van der Waals surface area contributed by atoms with E-state index in [4.69, 9.17) is 22.1 Å². The van der Waals surface area contributed by atoms with Crippen molar-refractivity contribution in [2.24, 2.45) is 5.73 Å². The number of nitrogens with zero attached hydrogens (tertiary/aromatic N) is 4. The van der Waals surface area contributed by atoms with Crippen LogP contribution in [0.25, 0.3) is 11.0 Å². The minimum Gasteiger partial charge on any atom is -0.471 e. The minimum atomic E-state index is -1.08. The third-order valence-corrected chi connectivity index (χ3v) is 5.71. The van der Waals surface area contributed by atoms with Gasteiger partial charge in [-0.05, 0) is 36.9 Å². The van der Waals surface area contributed by atoms with E-state index in [9.17, 15) is 28.0 Å². The molecule has 0 spiro atoms. The zero-order chi connectivity index (χ0) is 26.9. The minimum absolute atomic E-state index is 0.0392. The Hall–Kier alpha value is -4.36. The molecular weight excluding hydrogens is 514 g/mol. The summed E-state index contributed by atoms with van der Waals surface area (Å²) >= 11 is 6.12. The van der Waals surface area contributed by atoms with Gasteiger partial charge in [-0.1, -0.05) is 17.7 Å². The molecule has 2 heterocycles. The number of primary amides is 1. The maximum Gasteiger partial charge on any atom is 0.344 e. The molecule has 2 aromatic carbocycles. The van der Waals surface area contributed by atoms with Gasteiger partial charge in [-0.25, -0.2) is 32.5 Å². The highest BCUT2D eigenvalue weighted by molar-refractivity contribution is 6.31. The lowest BCUT2D eigenvalue weighted by Crippen LogP contribution is -2.37. The number of nitrogens with two attached hydrogens (primary N) is 1. The second-order valence-electron chi connectivity index (χ2n) is 7.86. The lowest BCUT2D eigenvalue weighted by molar-refractivity contribution is 0.0915. The van der Waals surface area contributed by atoms with E-state index in [-0.39, 0.29) is 47.2 Å². The van der Waals surface area contributed by atoms with E-state index < -0.39 is 34.8 Å². The molecule has 14 heteroatoms. The molecule has 0 radical (unpaired) electrons. The van der Waals surface area contributed by atoms with Crippen molar-refractivity contribution in [1.29, 1.82) is 0 Å². The fourth-order valence-electron chi connectivity index (χ4n) is 3.67. The van der Waals surface area contributed by atoms with Gasteiger partial charge in [0.1, 0.15) is 24.6 Å². The summed E-state index contributed by atoms with van der Waals surface area (Å²) in [7, 11) is 1.53. The van der Waals surface area contributed by atoms with Crippen LogP contribution in [-0.4, -0.2) is 44.2 Å². The number of hydrogen-bond donors (Lipinski definition) is 2. The maximum absolute atomic E-state index is 13.8. The molecule has 4 rings (SSSR count). The molecule has 0 aliphatic carbocycles. The summed E-state index contributed by atoms with van der Waals surface area (Å²) in [4.78, 5) is 53.8. The molecule has 4 aromatic rings. The molecule has 2 aromatic heterocycles.